The summed E-state index contributed by atoms with van der Waals surface area (Å²) in [6.07, 6.45) is 6.74. The average Bonchev–Trinajstić information content (AvgIpc) is 3.43. The summed E-state index contributed by atoms with van der Waals surface area (Å²) in [4.78, 5) is 49.9. The van der Waals surface area contributed by atoms with Crippen molar-refractivity contribution in [1.29, 1.82) is 0 Å². The van der Waals surface area contributed by atoms with Gasteiger partial charge in [-0.2, -0.15) is 0 Å². The van der Waals surface area contributed by atoms with Gasteiger partial charge in [0, 0.05) is 46.3 Å². The van der Waals surface area contributed by atoms with Crippen LogP contribution in [0.3, 0.4) is 0 Å². The number of pyridine rings is 1. The minimum atomic E-state index is -1.63. The summed E-state index contributed by atoms with van der Waals surface area (Å²) in [5.41, 5.74) is 1.18. The number of anilines is 1. The van der Waals surface area contributed by atoms with Gasteiger partial charge in [0.25, 0.3) is 0 Å². The lowest BCUT2D eigenvalue weighted by molar-refractivity contribution is 0.0665. The molecular weight excluding hydrogens is 507 g/mol. The van der Waals surface area contributed by atoms with E-state index in [0.29, 0.717) is 39.3 Å². The van der Waals surface area contributed by atoms with Crippen LogP contribution in [-0.2, 0) is 0 Å². The van der Waals surface area contributed by atoms with Crippen molar-refractivity contribution in [2.75, 3.05) is 12.0 Å². The lowest BCUT2D eigenvalue weighted by atomic mass is 9.64. The SMILES string of the molecule is COc1cccc(C(=O)[C@H]2[C@H](c3cccnc3)C3(C(=O)c4ccccc4C3=O)[C@@H]3C=Cc4cc(F)ccc4N32)c1. The number of halogens is 1. The molecule has 0 unspecified atom stereocenters. The van der Waals surface area contributed by atoms with Crippen molar-refractivity contribution in [1.82, 2.24) is 4.98 Å². The van der Waals surface area contributed by atoms with Gasteiger partial charge in [-0.15, -0.1) is 0 Å². The van der Waals surface area contributed by atoms with Crippen LogP contribution in [0, 0.1) is 11.2 Å². The fourth-order valence-electron chi connectivity index (χ4n) is 6.83. The van der Waals surface area contributed by atoms with Gasteiger partial charge in [-0.25, -0.2) is 4.39 Å². The second-order valence-electron chi connectivity index (χ2n) is 10.3. The van der Waals surface area contributed by atoms with Gasteiger partial charge in [0.05, 0.1) is 13.2 Å². The molecule has 0 N–H and O–H groups in total. The Morgan fingerprint density at radius 1 is 0.950 bits per heavy atom. The zero-order valence-corrected chi connectivity index (χ0v) is 21.5. The third-order valence-corrected chi connectivity index (χ3v) is 8.43. The minimum Gasteiger partial charge on any atom is -0.497 e. The maximum atomic E-state index is 14.6. The predicted molar refractivity (Wildman–Crippen MR) is 147 cm³/mol. The first-order chi connectivity index (χ1) is 19.5. The van der Waals surface area contributed by atoms with Crippen molar-refractivity contribution in [3.05, 3.63) is 131 Å². The molecule has 1 aromatic heterocycles. The van der Waals surface area contributed by atoms with E-state index in [4.69, 9.17) is 4.74 Å². The number of ether oxygens (including phenoxy) is 1. The quantitative estimate of drug-likeness (QED) is 0.255. The van der Waals surface area contributed by atoms with Crippen LogP contribution in [0.5, 0.6) is 5.75 Å². The Hall–Kier alpha value is -4.91. The van der Waals surface area contributed by atoms with Crippen molar-refractivity contribution in [3.8, 4) is 5.75 Å². The molecule has 0 bridgehead atoms. The Kier molecular flexibility index (Phi) is 5.32. The van der Waals surface area contributed by atoms with E-state index in [0.717, 1.165) is 0 Å². The largest absolute Gasteiger partial charge is 0.497 e. The third kappa shape index (κ3) is 3.14. The zero-order chi connectivity index (χ0) is 27.6. The van der Waals surface area contributed by atoms with Crippen LogP contribution < -0.4 is 9.64 Å². The number of carbonyl (C=O) groups excluding carboxylic acids is 3. The lowest BCUT2D eigenvalue weighted by Crippen LogP contribution is -2.48. The molecule has 3 atom stereocenters. The number of aromatic nitrogens is 1. The van der Waals surface area contributed by atoms with Gasteiger partial charge < -0.3 is 9.64 Å². The monoisotopic (exact) mass is 530 g/mol. The van der Waals surface area contributed by atoms with Crippen molar-refractivity contribution >= 4 is 29.1 Å². The molecule has 7 heteroatoms. The molecule has 2 aliphatic heterocycles. The van der Waals surface area contributed by atoms with Gasteiger partial charge in [-0.3, -0.25) is 19.4 Å². The molecule has 0 amide bonds. The van der Waals surface area contributed by atoms with E-state index in [2.05, 4.69) is 4.98 Å². The normalized spacial score (nSPS) is 21.8. The molecule has 7 rings (SSSR count). The number of hydrogen-bond donors (Lipinski definition) is 0. The molecule has 1 fully saturated rings. The van der Waals surface area contributed by atoms with E-state index < -0.39 is 29.2 Å². The van der Waals surface area contributed by atoms with Crippen LogP contribution in [-0.4, -0.2) is 41.5 Å². The van der Waals surface area contributed by atoms with Gasteiger partial charge in [0.2, 0.25) is 0 Å². The Bertz CT molecular complexity index is 1710. The van der Waals surface area contributed by atoms with Crippen molar-refractivity contribution in [3.63, 3.8) is 0 Å². The smallest absolute Gasteiger partial charge is 0.186 e. The van der Waals surface area contributed by atoms with Gasteiger partial charge in [0.1, 0.15) is 23.0 Å². The van der Waals surface area contributed by atoms with Gasteiger partial charge >= 0.3 is 0 Å². The summed E-state index contributed by atoms with van der Waals surface area (Å²) >= 11 is 0. The molecule has 0 radical (unpaired) electrons. The maximum absolute atomic E-state index is 14.6. The summed E-state index contributed by atoms with van der Waals surface area (Å²) in [5.74, 6) is -1.72. The van der Waals surface area contributed by atoms with Crippen LogP contribution in [0.2, 0.25) is 0 Å². The number of methoxy groups -OCH3 is 1. The summed E-state index contributed by atoms with van der Waals surface area (Å²) in [6, 6.07) is 19.8. The molecule has 0 saturated carbocycles. The van der Waals surface area contributed by atoms with Crippen LogP contribution in [0.15, 0.2) is 97.3 Å². The summed E-state index contributed by atoms with van der Waals surface area (Å²) in [7, 11) is 1.52. The van der Waals surface area contributed by atoms with Crippen LogP contribution in [0.4, 0.5) is 10.1 Å². The Labute approximate surface area is 229 Å². The number of nitrogens with zero attached hydrogens (tertiary/aromatic N) is 2. The predicted octanol–water partition coefficient (Wildman–Crippen LogP) is 5.55. The number of ketones is 3. The van der Waals surface area contributed by atoms with Crippen LogP contribution in [0.1, 0.15) is 48.1 Å². The Morgan fingerprint density at radius 2 is 1.73 bits per heavy atom. The molecule has 4 aromatic rings. The first-order valence-corrected chi connectivity index (χ1v) is 13.0. The van der Waals surface area contributed by atoms with Crippen molar-refractivity contribution < 1.29 is 23.5 Å². The summed E-state index contributed by atoms with van der Waals surface area (Å²) in [5, 5.41) is 0. The fraction of sp³-hybridized carbons (Fsp3) is 0.152. The third-order valence-electron chi connectivity index (χ3n) is 8.43. The maximum Gasteiger partial charge on any atom is 0.186 e. The standard InChI is InChI=1S/C33H23FN2O4/c1-40-23-8-4-6-20(17-23)30(37)29-28(21-7-5-15-35-18-21)33(31(38)24-9-2-3-10-25(24)32(33)39)27-14-11-19-16-22(34)12-13-26(19)36(27)29/h2-18,27-29H,1H3/t27-,28-,29+/m0/s1. The Morgan fingerprint density at radius 3 is 2.42 bits per heavy atom. The topological polar surface area (TPSA) is 76.6 Å². The van der Waals surface area contributed by atoms with Crippen LogP contribution >= 0.6 is 0 Å². The highest BCUT2D eigenvalue weighted by Gasteiger charge is 2.71. The Balaban J connectivity index is 1.54. The highest BCUT2D eigenvalue weighted by molar-refractivity contribution is 6.32. The average molecular weight is 531 g/mol. The van der Waals surface area contributed by atoms with Gasteiger partial charge in [-0.05, 0) is 42.0 Å². The first kappa shape index (κ1) is 24.2. The van der Waals surface area contributed by atoms with Crippen LogP contribution in [0.25, 0.3) is 6.08 Å². The van der Waals surface area contributed by atoms with E-state index in [-0.39, 0.29) is 17.3 Å². The van der Waals surface area contributed by atoms with E-state index in [1.165, 1.54) is 19.2 Å². The number of rotatable bonds is 4. The van der Waals surface area contributed by atoms with Gasteiger partial charge in [-0.1, -0.05) is 54.6 Å². The molecule has 196 valence electrons. The van der Waals surface area contributed by atoms with E-state index >= 15 is 0 Å². The highest BCUT2D eigenvalue weighted by atomic mass is 19.1. The number of hydrogen-bond acceptors (Lipinski definition) is 6. The molecule has 1 saturated heterocycles. The number of Topliss-reactive ketones (excluding diaryl/α,β-unsaturated/α-hetero) is 3. The molecule has 1 aliphatic carbocycles. The first-order valence-electron chi connectivity index (χ1n) is 13.0. The molecular formula is C33H23FN2O4. The summed E-state index contributed by atoms with van der Waals surface area (Å²) < 4.78 is 19.7. The molecule has 3 aromatic carbocycles. The van der Waals surface area contributed by atoms with E-state index in [9.17, 15) is 18.8 Å². The van der Waals surface area contributed by atoms with Gasteiger partial charge in [0.15, 0.2) is 17.3 Å². The second-order valence-corrected chi connectivity index (χ2v) is 10.3. The van der Waals surface area contributed by atoms with Crippen molar-refractivity contribution in [2.45, 2.75) is 18.0 Å². The molecule has 3 heterocycles. The molecule has 6 nitrogen and oxygen atoms in total. The number of fused-ring (bicyclic) bond motifs is 5. The van der Waals surface area contributed by atoms with E-state index in [1.807, 2.05) is 11.0 Å². The minimum absolute atomic E-state index is 0.281. The molecule has 3 aliphatic rings. The number of benzene rings is 3. The van der Waals surface area contributed by atoms with E-state index in [1.54, 1.807) is 85.2 Å². The zero-order valence-electron chi connectivity index (χ0n) is 21.5. The van der Waals surface area contributed by atoms with Crippen molar-refractivity contribution in [2.24, 2.45) is 5.41 Å². The summed E-state index contributed by atoms with van der Waals surface area (Å²) in [6.45, 7) is 0. The lowest BCUT2D eigenvalue weighted by Gasteiger charge is -2.37. The molecule has 40 heavy (non-hydrogen) atoms. The second kappa shape index (κ2) is 8.81. The fourth-order valence-corrected chi connectivity index (χ4v) is 6.83. The highest BCUT2D eigenvalue weighted by Crippen LogP contribution is 2.60. The number of carbonyl (C=O) groups is 3. The molecule has 1 spiro atoms.